The second kappa shape index (κ2) is 6.45. The SMILES string of the molecule is CCOC(=O)NC(=S)Nc1nnc(C(C)C)s1. The number of carbonyl (C=O) groups is 1. The van der Waals surface area contributed by atoms with Crippen molar-refractivity contribution in [3.05, 3.63) is 5.01 Å². The molecule has 0 atom stereocenters. The summed E-state index contributed by atoms with van der Waals surface area (Å²) in [5.41, 5.74) is 0. The molecule has 1 heterocycles. The Bertz CT molecular complexity index is 405. The molecule has 17 heavy (non-hydrogen) atoms. The molecule has 1 rings (SSSR count). The molecule has 2 N–H and O–H groups in total. The number of thiocarbonyl (C=S) groups is 1. The molecule has 0 aliphatic carbocycles. The van der Waals surface area contributed by atoms with Gasteiger partial charge in [-0.3, -0.25) is 5.32 Å². The van der Waals surface area contributed by atoms with Crippen molar-refractivity contribution < 1.29 is 9.53 Å². The van der Waals surface area contributed by atoms with Gasteiger partial charge in [-0.2, -0.15) is 0 Å². The average molecular weight is 274 g/mol. The summed E-state index contributed by atoms with van der Waals surface area (Å²) in [5, 5.41) is 14.6. The van der Waals surface area contributed by atoms with Gasteiger partial charge in [0, 0.05) is 5.92 Å². The van der Waals surface area contributed by atoms with Crippen molar-refractivity contribution >= 4 is 39.9 Å². The average Bonchev–Trinajstić information content (AvgIpc) is 2.66. The Kier molecular flexibility index (Phi) is 5.23. The number of alkyl carbamates (subject to hydrolysis) is 1. The molecule has 0 aliphatic rings. The van der Waals surface area contributed by atoms with Crippen LogP contribution in [0, 0.1) is 0 Å². The van der Waals surface area contributed by atoms with Crippen LogP contribution in [0.15, 0.2) is 0 Å². The van der Waals surface area contributed by atoms with Crippen LogP contribution in [0.3, 0.4) is 0 Å². The molecule has 0 saturated carbocycles. The van der Waals surface area contributed by atoms with Crippen LogP contribution in [0.4, 0.5) is 9.93 Å². The van der Waals surface area contributed by atoms with Gasteiger partial charge < -0.3 is 10.1 Å². The van der Waals surface area contributed by atoms with Crippen LogP contribution >= 0.6 is 23.6 Å². The second-order valence-corrected chi connectivity index (χ2v) is 4.82. The lowest BCUT2D eigenvalue weighted by atomic mass is 10.2. The molecule has 0 spiro atoms. The number of hydrogen-bond donors (Lipinski definition) is 2. The highest BCUT2D eigenvalue weighted by molar-refractivity contribution is 7.80. The van der Waals surface area contributed by atoms with E-state index in [4.69, 9.17) is 12.2 Å². The fraction of sp³-hybridized carbons (Fsp3) is 0.556. The zero-order valence-electron chi connectivity index (χ0n) is 9.81. The molecule has 0 saturated heterocycles. The van der Waals surface area contributed by atoms with Crippen LogP contribution in [0.2, 0.25) is 0 Å². The number of rotatable bonds is 3. The van der Waals surface area contributed by atoms with Gasteiger partial charge >= 0.3 is 6.09 Å². The van der Waals surface area contributed by atoms with Gasteiger partial charge in [0.1, 0.15) is 5.01 Å². The van der Waals surface area contributed by atoms with Gasteiger partial charge in [0.05, 0.1) is 6.61 Å². The van der Waals surface area contributed by atoms with Crippen molar-refractivity contribution in [3.63, 3.8) is 0 Å². The minimum Gasteiger partial charge on any atom is -0.450 e. The summed E-state index contributed by atoms with van der Waals surface area (Å²) in [5.74, 6) is 0.314. The third-order valence-corrected chi connectivity index (χ3v) is 2.99. The van der Waals surface area contributed by atoms with Gasteiger partial charge in [0.2, 0.25) is 5.13 Å². The third kappa shape index (κ3) is 4.61. The molecule has 0 fully saturated rings. The Labute approximate surface area is 109 Å². The molecule has 0 aliphatic heterocycles. The van der Waals surface area contributed by atoms with Crippen molar-refractivity contribution in [2.45, 2.75) is 26.7 Å². The fourth-order valence-corrected chi connectivity index (χ4v) is 1.90. The molecule has 0 bridgehead atoms. The zero-order valence-corrected chi connectivity index (χ0v) is 11.4. The minimum absolute atomic E-state index is 0.148. The number of nitrogens with zero attached hydrogens (tertiary/aromatic N) is 2. The van der Waals surface area contributed by atoms with Crippen LogP contribution in [0.25, 0.3) is 0 Å². The normalized spacial score (nSPS) is 10.1. The van der Waals surface area contributed by atoms with E-state index in [1.54, 1.807) is 6.92 Å². The smallest absolute Gasteiger partial charge is 0.413 e. The number of amides is 1. The van der Waals surface area contributed by atoms with Crippen molar-refractivity contribution in [3.8, 4) is 0 Å². The number of nitrogens with one attached hydrogen (secondary N) is 2. The standard InChI is InChI=1S/C9H14N4O2S2/c1-4-15-9(14)11-7(16)10-8-13-12-6(17-8)5(2)3/h5H,4H2,1-3H3,(H2,10,11,13,14,16). The monoisotopic (exact) mass is 274 g/mol. The first-order chi connectivity index (χ1) is 8.02. The van der Waals surface area contributed by atoms with Crippen molar-refractivity contribution in [1.29, 1.82) is 0 Å². The van der Waals surface area contributed by atoms with E-state index in [9.17, 15) is 4.79 Å². The third-order valence-electron chi connectivity index (χ3n) is 1.65. The number of aromatic nitrogens is 2. The number of ether oxygens (including phenoxy) is 1. The second-order valence-electron chi connectivity index (χ2n) is 3.40. The van der Waals surface area contributed by atoms with Crippen LogP contribution in [0.1, 0.15) is 31.7 Å². The molecule has 6 nitrogen and oxygen atoms in total. The lowest BCUT2D eigenvalue weighted by Gasteiger charge is -2.05. The first-order valence-corrected chi connectivity index (χ1v) is 6.33. The van der Waals surface area contributed by atoms with E-state index < -0.39 is 6.09 Å². The van der Waals surface area contributed by atoms with E-state index in [1.165, 1.54) is 11.3 Å². The van der Waals surface area contributed by atoms with Crippen LogP contribution in [0.5, 0.6) is 0 Å². The summed E-state index contributed by atoms with van der Waals surface area (Å²) < 4.78 is 4.68. The fourth-order valence-electron chi connectivity index (χ4n) is 0.907. The zero-order chi connectivity index (χ0) is 12.8. The van der Waals surface area contributed by atoms with E-state index in [2.05, 4.69) is 25.6 Å². The summed E-state index contributed by atoms with van der Waals surface area (Å²) >= 11 is 6.31. The molecule has 1 aromatic rings. The summed E-state index contributed by atoms with van der Waals surface area (Å²) in [4.78, 5) is 11.1. The molecule has 1 aromatic heterocycles. The first kappa shape index (κ1) is 13.8. The van der Waals surface area contributed by atoms with Gasteiger partial charge in [-0.1, -0.05) is 25.2 Å². The topological polar surface area (TPSA) is 76.1 Å². The lowest BCUT2D eigenvalue weighted by molar-refractivity contribution is 0.158. The molecular weight excluding hydrogens is 260 g/mol. The van der Waals surface area contributed by atoms with Crippen molar-refractivity contribution in [2.75, 3.05) is 11.9 Å². The van der Waals surface area contributed by atoms with E-state index in [1.807, 2.05) is 13.8 Å². The highest BCUT2D eigenvalue weighted by atomic mass is 32.1. The first-order valence-electron chi connectivity index (χ1n) is 5.11. The van der Waals surface area contributed by atoms with Crippen LogP contribution in [-0.4, -0.2) is 28.0 Å². The Morgan fingerprint density at radius 2 is 2.24 bits per heavy atom. The maximum atomic E-state index is 11.1. The predicted octanol–water partition coefficient (Wildman–Crippen LogP) is 2.10. The highest BCUT2D eigenvalue weighted by Gasteiger charge is 2.10. The van der Waals surface area contributed by atoms with E-state index in [-0.39, 0.29) is 5.11 Å². The molecule has 8 heteroatoms. The van der Waals surface area contributed by atoms with E-state index in [0.717, 1.165) is 5.01 Å². The highest BCUT2D eigenvalue weighted by Crippen LogP contribution is 2.22. The molecule has 0 radical (unpaired) electrons. The minimum atomic E-state index is -0.585. The Morgan fingerprint density at radius 3 is 2.76 bits per heavy atom. The predicted molar refractivity (Wildman–Crippen MR) is 70.4 cm³/mol. The van der Waals surface area contributed by atoms with Crippen LogP contribution in [-0.2, 0) is 4.74 Å². The summed E-state index contributed by atoms with van der Waals surface area (Å²) in [6.07, 6.45) is -0.585. The van der Waals surface area contributed by atoms with Gasteiger partial charge in [-0.05, 0) is 19.1 Å². The number of carbonyl (C=O) groups excluding carboxylic acids is 1. The molecular formula is C9H14N4O2S2. The summed E-state index contributed by atoms with van der Waals surface area (Å²) in [6, 6.07) is 0. The Morgan fingerprint density at radius 1 is 1.53 bits per heavy atom. The van der Waals surface area contributed by atoms with Gasteiger partial charge in [-0.25, -0.2) is 4.79 Å². The summed E-state index contributed by atoms with van der Waals surface area (Å²) in [6.45, 7) is 6.07. The molecule has 0 unspecified atom stereocenters. The molecule has 0 aromatic carbocycles. The van der Waals surface area contributed by atoms with Gasteiger partial charge in [-0.15, -0.1) is 10.2 Å². The maximum Gasteiger partial charge on any atom is 0.413 e. The largest absolute Gasteiger partial charge is 0.450 e. The van der Waals surface area contributed by atoms with Crippen LogP contribution < -0.4 is 10.6 Å². The van der Waals surface area contributed by atoms with Crippen molar-refractivity contribution in [1.82, 2.24) is 15.5 Å². The summed E-state index contributed by atoms with van der Waals surface area (Å²) in [7, 11) is 0. The van der Waals surface area contributed by atoms with Crippen molar-refractivity contribution in [2.24, 2.45) is 0 Å². The number of hydrogen-bond acceptors (Lipinski definition) is 6. The van der Waals surface area contributed by atoms with Gasteiger partial charge in [0.15, 0.2) is 5.11 Å². The molecule has 94 valence electrons. The Balaban J connectivity index is 2.47. The lowest BCUT2D eigenvalue weighted by Crippen LogP contribution is -2.34. The Hall–Kier alpha value is -1.28. The van der Waals surface area contributed by atoms with E-state index in [0.29, 0.717) is 17.7 Å². The maximum absolute atomic E-state index is 11.1. The quantitative estimate of drug-likeness (QED) is 0.822. The van der Waals surface area contributed by atoms with Gasteiger partial charge in [0.25, 0.3) is 0 Å². The van der Waals surface area contributed by atoms with E-state index >= 15 is 0 Å². The number of anilines is 1. The molecule has 1 amide bonds.